The van der Waals surface area contributed by atoms with E-state index in [0.717, 1.165) is 38.0 Å². The van der Waals surface area contributed by atoms with Crippen LogP contribution in [0.15, 0.2) is 24.3 Å². The molecule has 2 N–H and O–H groups in total. The third-order valence-corrected chi connectivity index (χ3v) is 3.43. The zero-order valence-corrected chi connectivity index (χ0v) is 10.4. The molecule has 2 rings (SSSR count). The predicted molar refractivity (Wildman–Crippen MR) is 68.3 cm³/mol. The minimum absolute atomic E-state index is 0.152. The zero-order chi connectivity index (χ0) is 12.1. The van der Waals surface area contributed by atoms with Crippen LogP contribution in [0.4, 0.5) is 0 Å². The first-order chi connectivity index (χ1) is 8.29. The number of hydrogen-bond donors (Lipinski definition) is 2. The molecule has 0 aliphatic heterocycles. The summed E-state index contributed by atoms with van der Waals surface area (Å²) in [7, 11) is 1.69. The summed E-state index contributed by atoms with van der Waals surface area (Å²) in [5.74, 6) is 0.906. The van der Waals surface area contributed by atoms with Crippen molar-refractivity contribution in [1.29, 1.82) is 0 Å². The molecule has 1 fully saturated rings. The molecule has 0 unspecified atom stereocenters. The largest absolute Gasteiger partial charge is 0.497 e. The van der Waals surface area contributed by atoms with Crippen molar-refractivity contribution >= 4 is 0 Å². The molecule has 2 atom stereocenters. The molecule has 1 aliphatic carbocycles. The zero-order valence-electron chi connectivity index (χ0n) is 10.4. The number of nitrogens with one attached hydrogen (secondary N) is 1. The van der Waals surface area contributed by atoms with Crippen molar-refractivity contribution < 1.29 is 9.84 Å². The van der Waals surface area contributed by atoms with Gasteiger partial charge in [0, 0.05) is 6.04 Å². The van der Waals surface area contributed by atoms with E-state index >= 15 is 0 Å². The van der Waals surface area contributed by atoms with Gasteiger partial charge in [-0.05, 0) is 49.9 Å². The second-order valence-corrected chi connectivity index (χ2v) is 4.66. The van der Waals surface area contributed by atoms with Crippen LogP contribution in [0.5, 0.6) is 5.75 Å². The quantitative estimate of drug-likeness (QED) is 0.817. The molecule has 3 heteroatoms. The molecule has 1 aromatic rings. The first kappa shape index (κ1) is 12.4. The molecule has 0 amide bonds. The summed E-state index contributed by atoms with van der Waals surface area (Å²) in [4.78, 5) is 0. The normalized spacial score (nSPS) is 23.9. The summed E-state index contributed by atoms with van der Waals surface area (Å²) in [5, 5.41) is 13.1. The van der Waals surface area contributed by atoms with Gasteiger partial charge in [-0.3, -0.25) is 0 Å². The second kappa shape index (κ2) is 6.03. The minimum Gasteiger partial charge on any atom is -0.497 e. The Kier molecular flexibility index (Phi) is 4.40. The lowest BCUT2D eigenvalue weighted by atomic mass is 10.1. The van der Waals surface area contributed by atoms with E-state index in [-0.39, 0.29) is 6.10 Å². The van der Waals surface area contributed by atoms with E-state index in [2.05, 4.69) is 17.4 Å². The van der Waals surface area contributed by atoms with Crippen LogP contribution < -0.4 is 10.1 Å². The number of aliphatic hydroxyl groups is 1. The molecular formula is C14H21NO2. The van der Waals surface area contributed by atoms with Crippen LogP contribution in [0, 0.1) is 0 Å². The van der Waals surface area contributed by atoms with Crippen LogP contribution >= 0.6 is 0 Å². The summed E-state index contributed by atoms with van der Waals surface area (Å²) in [6.07, 6.45) is 3.99. The highest BCUT2D eigenvalue weighted by atomic mass is 16.5. The van der Waals surface area contributed by atoms with Gasteiger partial charge in [-0.25, -0.2) is 0 Å². The Balaban J connectivity index is 1.77. The molecule has 94 valence electrons. The average Bonchev–Trinajstić information content (AvgIpc) is 2.76. The Morgan fingerprint density at radius 2 is 2.29 bits per heavy atom. The molecule has 0 heterocycles. The summed E-state index contributed by atoms with van der Waals surface area (Å²) >= 11 is 0. The van der Waals surface area contributed by atoms with Gasteiger partial charge in [0.1, 0.15) is 5.75 Å². The Hall–Kier alpha value is -1.06. The maximum Gasteiger partial charge on any atom is 0.119 e. The predicted octanol–water partition coefficient (Wildman–Crippen LogP) is 1.74. The highest BCUT2D eigenvalue weighted by molar-refractivity contribution is 5.28. The van der Waals surface area contributed by atoms with Gasteiger partial charge in [-0.2, -0.15) is 0 Å². The van der Waals surface area contributed by atoms with Gasteiger partial charge in [0.05, 0.1) is 13.2 Å². The summed E-state index contributed by atoms with van der Waals surface area (Å²) < 4.78 is 5.19. The lowest BCUT2D eigenvalue weighted by Gasteiger charge is -2.16. The SMILES string of the molecule is COc1cccc(CCN[C@@H]2CCC[C@H]2O)c1. The van der Waals surface area contributed by atoms with E-state index in [1.807, 2.05) is 12.1 Å². The van der Waals surface area contributed by atoms with Gasteiger partial charge in [0.2, 0.25) is 0 Å². The van der Waals surface area contributed by atoms with E-state index in [9.17, 15) is 5.11 Å². The molecular weight excluding hydrogens is 214 g/mol. The lowest BCUT2D eigenvalue weighted by molar-refractivity contribution is 0.149. The van der Waals surface area contributed by atoms with Gasteiger partial charge < -0.3 is 15.2 Å². The smallest absolute Gasteiger partial charge is 0.119 e. The van der Waals surface area contributed by atoms with Gasteiger partial charge in [0.15, 0.2) is 0 Å². The first-order valence-electron chi connectivity index (χ1n) is 6.34. The van der Waals surface area contributed by atoms with E-state index in [0.29, 0.717) is 6.04 Å². The number of ether oxygens (including phenoxy) is 1. The van der Waals surface area contributed by atoms with Gasteiger partial charge >= 0.3 is 0 Å². The van der Waals surface area contributed by atoms with E-state index in [4.69, 9.17) is 4.74 Å². The molecule has 0 bridgehead atoms. The van der Waals surface area contributed by atoms with Crippen LogP contribution in [-0.4, -0.2) is 30.9 Å². The van der Waals surface area contributed by atoms with E-state index in [1.165, 1.54) is 5.56 Å². The van der Waals surface area contributed by atoms with Crippen molar-refractivity contribution in [3.63, 3.8) is 0 Å². The topological polar surface area (TPSA) is 41.5 Å². The van der Waals surface area contributed by atoms with Crippen molar-refractivity contribution in [1.82, 2.24) is 5.32 Å². The van der Waals surface area contributed by atoms with Crippen LogP contribution in [0.3, 0.4) is 0 Å². The molecule has 17 heavy (non-hydrogen) atoms. The minimum atomic E-state index is -0.152. The number of rotatable bonds is 5. The number of hydrogen-bond acceptors (Lipinski definition) is 3. The van der Waals surface area contributed by atoms with Crippen LogP contribution in [0.2, 0.25) is 0 Å². The molecule has 0 radical (unpaired) electrons. The fourth-order valence-electron chi connectivity index (χ4n) is 2.41. The molecule has 0 aromatic heterocycles. The molecule has 1 aromatic carbocycles. The summed E-state index contributed by atoms with van der Waals surface area (Å²) in [6, 6.07) is 8.43. The maximum atomic E-state index is 9.69. The van der Waals surface area contributed by atoms with Gasteiger partial charge in [0.25, 0.3) is 0 Å². The van der Waals surface area contributed by atoms with Gasteiger partial charge in [-0.1, -0.05) is 12.1 Å². The number of aliphatic hydroxyl groups excluding tert-OH is 1. The van der Waals surface area contributed by atoms with Crippen molar-refractivity contribution in [3.05, 3.63) is 29.8 Å². The highest BCUT2D eigenvalue weighted by Gasteiger charge is 2.23. The van der Waals surface area contributed by atoms with Crippen LogP contribution in [0.1, 0.15) is 24.8 Å². The fraction of sp³-hybridized carbons (Fsp3) is 0.571. The van der Waals surface area contributed by atoms with E-state index in [1.54, 1.807) is 7.11 Å². The Bertz CT molecular complexity index is 354. The maximum absolute atomic E-state index is 9.69. The molecule has 1 saturated carbocycles. The van der Waals surface area contributed by atoms with Crippen molar-refractivity contribution in [2.45, 2.75) is 37.8 Å². The third kappa shape index (κ3) is 3.45. The van der Waals surface area contributed by atoms with E-state index < -0.39 is 0 Å². The Morgan fingerprint density at radius 1 is 1.41 bits per heavy atom. The Morgan fingerprint density at radius 3 is 3.00 bits per heavy atom. The van der Waals surface area contributed by atoms with Crippen molar-refractivity contribution in [2.24, 2.45) is 0 Å². The monoisotopic (exact) mass is 235 g/mol. The second-order valence-electron chi connectivity index (χ2n) is 4.66. The number of benzene rings is 1. The first-order valence-corrected chi connectivity index (χ1v) is 6.34. The fourth-order valence-corrected chi connectivity index (χ4v) is 2.41. The highest BCUT2D eigenvalue weighted by Crippen LogP contribution is 2.19. The lowest BCUT2D eigenvalue weighted by Crippen LogP contribution is -2.36. The number of methoxy groups -OCH3 is 1. The summed E-state index contributed by atoms with van der Waals surface area (Å²) in [6.45, 7) is 0.912. The molecule has 3 nitrogen and oxygen atoms in total. The third-order valence-electron chi connectivity index (χ3n) is 3.43. The average molecular weight is 235 g/mol. The summed E-state index contributed by atoms with van der Waals surface area (Å²) in [5.41, 5.74) is 1.27. The van der Waals surface area contributed by atoms with Crippen LogP contribution in [-0.2, 0) is 6.42 Å². The van der Waals surface area contributed by atoms with Gasteiger partial charge in [-0.15, -0.1) is 0 Å². The molecule has 0 spiro atoms. The molecule has 1 aliphatic rings. The Labute approximate surface area is 103 Å². The van der Waals surface area contributed by atoms with Crippen LogP contribution in [0.25, 0.3) is 0 Å². The van der Waals surface area contributed by atoms with Crippen molar-refractivity contribution in [3.8, 4) is 5.75 Å². The van der Waals surface area contributed by atoms with Crippen molar-refractivity contribution in [2.75, 3.05) is 13.7 Å². The molecule has 0 saturated heterocycles. The standard InChI is InChI=1S/C14H21NO2/c1-17-12-5-2-4-11(10-12)8-9-15-13-6-3-7-14(13)16/h2,4-5,10,13-16H,3,6-9H2,1H3/t13-,14-/m1/s1.